The highest BCUT2D eigenvalue weighted by Gasteiger charge is 2.31. The van der Waals surface area contributed by atoms with Gasteiger partial charge in [0, 0.05) is 25.6 Å². The Labute approximate surface area is 91.0 Å². The molecule has 1 N–H and O–H groups in total. The summed E-state index contributed by atoms with van der Waals surface area (Å²) in [7, 11) is 0. The normalized spacial score (nSPS) is 27.5. The molecule has 0 aromatic rings. The molecule has 1 atom stereocenters. The molecule has 2 aliphatic heterocycles. The van der Waals surface area contributed by atoms with Crippen LogP contribution >= 0.6 is 0 Å². The lowest BCUT2D eigenvalue weighted by atomic mass is 10.1. The molecule has 0 bridgehead atoms. The van der Waals surface area contributed by atoms with Crippen molar-refractivity contribution in [3.63, 3.8) is 0 Å². The second-order valence-electron chi connectivity index (χ2n) is 4.85. The molecule has 0 radical (unpaired) electrons. The molecule has 2 fully saturated rings. The van der Waals surface area contributed by atoms with Crippen molar-refractivity contribution in [2.45, 2.75) is 32.4 Å². The van der Waals surface area contributed by atoms with Crippen molar-refractivity contribution in [2.75, 3.05) is 26.3 Å². The third-order valence-corrected chi connectivity index (χ3v) is 3.20. The Bertz CT molecular complexity index is 239. The van der Waals surface area contributed by atoms with Crippen molar-refractivity contribution in [1.29, 1.82) is 0 Å². The van der Waals surface area contributed by atoms with Crippen molar-refractivity contribution >= 4 is 5.91 Å². The van der Waals surface area contributed by atoms with Gasteiger partial charge in [-0.3, -0.25) is 4.79 Å². The van der Waals surface area contributed by atoms with Gasteiger partial charge in [0.15, 0.2) is 0 Å². The topological polar surface area (TPSA) is 41.6 Å². The Morgan fingerprint density at radius 1 is 1.53 bits per heavy atom. The average Bonchev–Trinajstić information content (AvgIpc) is 2.44. The highest BCUT2D eigenvalue weighted by atomic mass is 16.5. The van der Waals surface area contributed by atoms with Gasteiger partial charge >= 0.3 is 0 Å². The highest BCUT2D eigenvalue weighted by Crippen LogP contribution is 2.19. The van der Waals surface area contributed by atoms with Crippen LogP contribution in [0.25, 0.3) is 0 Å². The largest absolute Gasteiger partial charge is 0.378 e. The fourth-order valence-corrected chi connectivity index (χ4v) is 2.13. The summed E-state index contributed by atoms with van der Waals surface area (Å²) in [5, 5.41) is 3.44. The molecule has 2 aliphatic rings. The van der Waals surface area contributed by atoms with E-state index in [0.29, 0.717) is 30.3 Å². The smallest absolute Gasteiger partial charge is 0.223 e. The maximum Gasteiger partial charge on any atom is 0.223 e. The maximum atomic E-state index is 11.6. The number of nitrogens with one attached hydrogen (secondary N) is 1. The molecule has 0 aromatic heterocycles. The average molecular weight is 212 g/mol. The number of ether oxygens (including phenoxy) is 1. The van der Waals surface area contributed by atoms with Crippen molar-refractivity contribution in [1.82, 2.24) is 10.2 Å². The lowest BCUT2D eigenvalue weighted by Crippen LogP contribution is -2.47. The zero-order valence-corrected chi connectivity index (χ0v) is 9.53. The minimum Gasteiger partial charge on any atom is -0.378 e. The number of amides is 1. The summed E-state index contributed by atoms with van der Waals surface area (Å²) in [6, 6.07) is 0.864. The third kappa shape index (κ3) is 2.49. The lowest BCUT2D eigenvalue weighted by molar-refractivity contribution is -0.129. The van der Waals surface area contributed by atoms with Crippen molar-refractivity contribution < 1.29 is 9.53 Å². The number of likely N-dealkylation sites (tertiary alicyclic amines) is 1. The van der Waals surface area contributed by atoms with Gasteiger partial charge in [-0.1, -0.05) is 0 Å². The van der Waals surface area contributed by atoms with Crippen LogP contribution in [0.5, 0.6) is 0 Å². The van der Waals surface area contributed by atoms with E-state index >= 15 is 0 Å². The predicted octanol–water partition coefficient (Wildman–Crippen LogP) is 0.232. The van der Waals surface area contributed by atoms with Crippen LogP contribution in [0.2, 0.25) is 0 Å². The number of hydrogen-bond donors (Lipinski definition) is 1. The Balaban J connectivity index is 1.73. The molecule has 0 saturated carbocycles. The first-order chi connectivity index (χ1) is 7.16. The number of carbonyl (C=O) groups excluding carboxylic acids is 1. The van der Waals surface area contributed by atoms with Crippen LogP contribution < -0.4 is 5.32 Å². The lowest BCUT2D eigenvalue weighted by Gasteiger charge is -2.28. The second-order valence-corrected chi connectivity index (χ2v) is 4.85. The summed E-state index contributed by atoms with van der Waals surface area (Å²) < 4.78 is 5.09. The van der Waals surface area contributed by atoms with Gasteiger partial charge in [0.1, 0.15) is 0 Å². The standard InChI is InChI=1S/C11H20N2O2/c1-8(2)13-5-9(3-11(13)14)4-12-10-6-15-7-10/h8-10,12H,3-7H2,1-2H3. The summed E-state index contributed by atoms with van der Waals surface area (Å²) in [4.78, 5) is 13.6. The van der Waals surface area contributed by atoms with Gasteiger partial charge in [0.2, 0.25) is 5.91 Å². The molecule has 0 spiro atoms. The van der Waals surface area contributed by atoms with Gasteiger partial charge in [-0.15, -0.1) is 0 Å². The van der Waals surface area contributed by atoms with Crippen LogP contribution in [0.1, 0.15) is 20.3 Å². The quantitative estimate of drug-likeness (QED) is 0.725. The number of rotatable bonds is 4. The van der Waals surface area contributed by atoms with Crippen molar-refractivity contribution in [3.8, 4) is 0 Å². The van der Waals surface area contributed by atoms with Crippen molar-refractivity contribution in [3.05, 3.63) is 0 Å². The molecular weight excluding hydrogens is 192 g/mol. The monoisotopic (exact) mass is 212 g/mol. The van der Waals surface area contributed by atoms with E-state index < -0.39 is 0 Å². The zero-order valence-electron chi connectivity index (χ0n) is 9.53. The SMILES string of the molecule is CC(C)N1CC(CNC2COC2)CC1=O. The Morgan fingerprint density at radius 3 is 2.73 bits per heavy atom. The molecule has 4 heteroatoms. The number of hydrogen-bond acceptors (Lipinski definition) is 3. The van der Waals surface area contributed by atoms with E-state index in [4.69, 9.17) is 4.74 Å². The minimum absolute atomic E-state index is 0.307. The van der Waals surface area contributed by atoms with E-state index in [-0.39, 0.29) is 0 Å². The predicted molar refractivity (Wildman–Crippen MR) is 57.6 cm³/mol. The zero-order chi connectivity index (χ0) is 10.8. The van der Waals surface area contributed by atoms with Gasteiger partial charge in [0.25, 0.3) is 0 Å². The second kappa shape index (κ2) is 4.49. The van der Waals surface area contributed by atoms with E-state index in [9.17, 15) is 4.79 Å². The number of carbonyl (C=O) groups is 1. The first-order valence-electron chi connectivity index (χ1n) is 5.77. The molecule has 15 heavy (non-hydrogen) atoms. The van der Waals surface area contributed by atoms with Crippen LogP contribution in [0.3, 0.4) is 0 Å². The van der Waals surface area contributed by atoms with Crippen LogP contribution in [-0.4, -0.2) is 49.2 Å². The number of nitrogens with zero attached hydrogens (tertiary/aromatic N) is 1. The summed E-state index contributed by atoms with van der Waals surface area (Å²) in [5.74, 6) is 0.794. The van der Waals surface area contributed by atoms with E-state index in [0.717, 1.165) is 26.3 Å². The summed E-state index contributed by atoms with van der Waals surface area (Å²) in [6.07, 6.45) is 0.707. The first-order valence-corrected chi connectivity index (χ1v) is 5.77. The van der Waals surface area contributed by atoms with Gasteiger partial charge in [0.05, 0.1) is 19.3 Å². The molecule has 0 aliphatic carbocycles. The van der Waals surface area contributed by atoms with Gasteiger partial charge < -0.3 is 15.0 Å². The van der Waals surface area contributed by atoms with E-state index in [1.807, 2.05) is 4.90 Å². The highest BCUT2D eigenvalue weighted by molar-refractivity contribution is 5.78. The van der Waals surface area contributed by atoms with Crippen molar-refractivity contribution in [2.24, 2.45) is 5.92 Å². The van der Waals surface area contributed by atoms with Gasteiger partial charge in [-0.05, 0) is 19.8 Å². The molecule has 4 nitrogen and oxygen atoms in total. The molecule has 86 valence electrons. The first kappa shape index (κ1) is 10.9. The van der Waals surface area contributed by atoms with Gasteiger partial charge in [-0.25, -0.2) is 0 Å². The molecule has 2 heterocycles. The Morgan fingerprint density at radius 2 is 2.27 bits per heavy atom. The van der Waals surface area contributed by atoms with Crippen LogP contribution in [0.15, 0.2) is 0 Å². The molecule has 1 amide bonds. The van der Waals surface area contributed by atoms with E-state index in [1.54, 1.807) is 0 Å². The van der Waals surface area contributed by atoms with Crippen LogP contribution in [0.4, 0.5) is 0 Å². The van der Waals surface area contributed by atoms with E-state index in [1.165, 1.54) is 0 Å². The van der Waals surface area contributed by atoms with E-state index in [2.05, 4.69) is 19.2 Å². The molecule has 1 unspecified atom stereocenters. The summed E-state index contributed by atoms with van der Waals surface area (Å²) in [5.41, 5.74) is 0. The molecular formula is C11H20N2O2. The maximum absolute atomic E-state index is 11.6. The summed E-state index contributed by atoms with van der Waals surface area (Å²) in [6.45, 7) is 7.67. The van der Waals surface area contributed by atoms with Gasteiger partial charge in [-0.2, -0.15) is 0 Å². The fraction of sp³-hybridized carbons (Fsp3) is 0.909. The summed E-state index contributed by atoms with van der Waals surface area (Å²) >= 11 is 0. The fourth-order valence-electron chi connectivity index (χ4n) is 2.13. The molecule has 2 saturated heterocycles. The Hall–Kier alpha value is -0.610. The Kier molecular flexibility index (Phi) is 3.26. The molecule has 2 rings (SSSR count). The van der Waals surface area contributed by atoms with Crippen LogP contribution in [0, 0.1) is 5.92 Å². The third-order valence-electron chi connectivity index (χ3n) is 3.20. The minimum atomic E-state index is 0.307. The molecule has 0 aromatic carbocycles. The van der Waals surface area contributed by atoms with Crippen LogP contribution in [-0.2, 0) is 9.53 Å².